The predicted octanol–water partition coefficient (Wildman–Crippen LogP) is 6.86. The Bertz CT molecular complexity index is 1380. The Kier molecular flexibility index (Phi) is 5.69. The van der Waals surface area contributed by atoms with Gasteiger partial charge in [0, 0.05) is 5.56 Å². The molecule has 176 valence electrons. The van der Waals surface area contributed by atoms with Crippen LogP contribution in [0.4, 0.5) is 0 Å². The third-order valence-corrected chi connectivity index (χ3v) is 7.76. The summed E-state index contributed by atoms with van der Waals surface area (Å²) in [5.74, 6) is 2.39. The topological polar surface area (TPSA) is 63.7 Å². The summed E-state index contributed by atoms with van der Waals surface area (Å²) >= 11 is 0. The molecule has 3 aromatic carbocycles. The molecule has 0 spiro atoms. The summed E-state index contributed by atoms with van der Waals surface area (Å²) in [6, 6.07) is 19.1. The molecule has 0 radical (unpaired) electrons. The molecule has 1 aromatic heterocycles. The molecular formula is C30H30N4O. The number of ether oxygens (including phenoxy) is 1. The van der Waals surface area contributed by atoms with Crippen molar-refractivity contribution in [3.05, 3.63) is 88.0 Å². The summed E-state index contributed by atoms with van der Waals surface area (Å²) in [6.45, 7) is 5.00. The number of H-pyrrole nitrogens is 1. The molecule has 0 amide bonds. The second kappa shape index (κ2) is 9.14. The van der Waals surface area contributed by atoms with Crippen molar-refractivity contribution in [3.8, 4) is 28.3 Å². The van der Waals surface area contributed by atoms with Crippen LogP contribution in [-0.2, 0) is 13.0 Å². The largest absolute Gasteiger partial charge is 0.489 e. The molecule has 1 saturated carbocycles. The number of aromatic amines is 1. The molecule has 6 rings (SSSR count). The lowest BCUT2D eigenvalue weighted by molar-refractivity contribution is 0.304. The van der Waals surface area contributed by atoms with Crippen LogP contribution in [0.5, 0.6) is 5.75 Å². The monoisotopic (exact) mass is 462 g/mol. The number of hydrogen-bond acceptors (Lipinski definition) is 4. The van der Waals surface area contributed by atoms with E-state index in [0.29, 0.717) is 12.4 Å². The Labute approximate surface area is 206 Å². The van der Waals surface area contributed by atoms with Crippen LogP contribution in [0.3, 0.4) is 0 Å². The van der Waals surface area contributed by atoms with E-state index in [1.807, 2.05) is 12.1 Å². The fraction of sp³-hybridized carbons (Fsp3) is 0.300. The van der Waals surface area contributed by atoms with E-state index in [4.69, 9.17) is 4.74 Å². The Morgan fingerprint density at radius 2 is 1.71 bits per heavy atom. The number of rotatable bonds is 6. The number of hydrogen-bond donors (Lipinski definition) is 1. The number of fused-ring (bicyclic) bond motifs is 1. The zero-order chi connectivity index (χ0) is 23.8. The van der Waals surface area contributed by atoms with Gasteiger partial charge in [-0.25, -0.2) is 0 Å². The first-order valence-corrected chi connectivity index (χ1v) is 12.6. The number of allylic oxidation sites excluding steroid dienone is 1. The first-order chi connectivity index (χ1) is 17.2. The summed E-state index contributed by atoms with van der Waals surface area (Å²) in [5.41, 5.74) is 11.6. The highest BCUT2D eigenvalue weighted by Crippen LogP contribution is 2.41. The minimum atomic E-state index is 0.549. The van der Waals surface area contributed by atoms with Crippen molar-refractivity contribution >= 4 is 6.08 Å². The molecule has 1 heterocycles. The Hall–Kier alpha value is -3.73. The maximum atomic E-state index is 6.39. The SMILES string of the molecule is Cc1c(OCc2cccc(-c3ccc(-c4nn[nH]n4)cc3)c2)cc2c(c1C)CC(C1CCCC1)=C2. The van der Waals surface area contributed by atoms with Gasteiger partial charge in [-0.15, -0.1) is 10.2 Å². The zero-order valence-corrected chi connectivity index (χ0v) is 20.3. The maximum absolute atomic E-state index is 6.39. The maximum Gasteiger partial charge on any atom is 0.204 e. The molecular weight excluding hydrogens is 432 g/mol. The summed E-state index contributed by atoms with van der Waals surface area (Å²) < 4.78 is 6.39. The molecule has 1 N–H and O–H groups in total. The summed E-state index contributed by atoms with van der Waals surface area (Å²) in [4.78, 5) is 0. The normalized spacial score (nSPS) is 15.3. The zero-order valence-electron chi connectivity index (χ0n) is 20.3. The minimum Gasteiger partial charge on any atom is -0.489 e. The fourth-order valence-electron chi connectivity index (χ4n) is 5.59. The fourth-order valence-corrected chi connectivity index (χ4v) is 5.59. The van der Waals surface area contributed by atoms with Crippen LogP contribution >= 0.6 is 0 Å². The minimum absolute atomic E-state index is 0.549. The lowest BCUT2D eigenvalue weighted by Crippen LogP contribution is -2.02. The van der Waals surface area contributed by atoms with E-state index >= 15 is 0 Å². The quantitative estimate of drug-likeness (QED) is 0.340. The summed E-state index contributed by atoms with van der Waals surface area (Å²) in [6.07, 6.45) is 9.05. The summed E-state index contributed by atoms with van der Waals surface area (Å²) in [5, 5.41) is 14.2. The number of nitrogens with zero attached hydrogens (tertiary/aromatic N) is 3. The smallest absolute Gasteiger partial charge is 0.204 e. The molecule has 35 heavy (non-hydrogen) atoms. The third-order valence-electron chi connectivity index (χ3n) is 7.76. The first kappa shape index (κ1) is 21.8. The van der Waals surface area contributed by atoms with Crippen LogP contribution in [0.1, 0.15) is 53.5 Å². The first-order valence-electron chi connectivity index (χ1n) is 12.6. The van der Waals surface area contributed by atoms with E-state index in [1.165, 1.54) is 47.9 Å². The highest BCUT2D eigenvalue weighted by molar-refractivity contribution is 5.70. The number of benzene rings is 3. The van der Waals surface area contributed by atoms with Crippen molar-refractivity contribution in [1.29, 1.82) is 0 Å². The lowest BCUT2D eigenvalue weighted by atomic mass is 9.93. The van der Waals surface area contributed by atoms with Crippen molar-refractivity contribution in [2.24, 2.45) is 5.92 Å². The van der Waals surface area contributed by atoms with Crippen molar-refractivity contribution in [2.75, 3.05) is 0 Å². The molecule has 0 bridgehead atoms. The van der Waals surface area contributed by atoms with Crippen LogP contribution in [0, 0.1) is 19.8 Å². The molecule has 0 aliphatic heterocycles. The van der Waals surface area contributed by atoms with Gasteiger partial charge in [-0.2, -0.15) is 5.21 Å². The van der Waals surface area contributed by atoms with Crippen molar-refractivity contribution in [3.63, 3.8) is 0 Å². The van der Waals surface area contributed by atoms with Gasteiger partial charge in [0.2, 0.25) is 5.82 Å². The highest BCUT2D eigenvalue weighted by atomic mass is 16.5. The average molecular weight is 463 g/mol. The van der Waals surface area contributed by atoms with Gasteiger partial charge < -0.3 is 4.74 Å². The van der Waals surface area contributed by atoms with E-state index < -0.39 is 0 Å². The third kappa shape index (κ3) is 4.27. The number of tetrazole rings is 1. The molecule has 0 atom stereocenters. The van der Waals surface area contributed by atoms with Gasteiger partial charge in [-0.1, -0.05) is 67.0 Å². The standard InChI is InChI=1S/C30H30N4O/c1-19-20(2)29(17-27-15-26(16-28(19)27)22-7-3-4-8-22)35-18-21-6-5-9-25(14-21)23-10-12-24(13-11-23)30-31-33-34-32-30/h5-6,9-15,17,22H,3-4,7-8,16,18H2,1-2H3,(H,31,32,33,34). The predicted molar refractivity (Wildman–Crippen MR) is 139 cm³/mol. The molecule has 0 unspecified atom stereocenters. The Morgan fingerprint density at radius 1 is 0.914 bits per heavy atom. The van der Waals surface area contributed by atoms with Crippen LogP contribution in [0.25, 0.3) is 28.6 Å². The molecule has 4 aromatic rings. The van der Waals surface area contributed by atoms with E-state index in [2.05, 4.69) is 83.0 Å². The van der Waals surface area contributed by atoms with Gasteiger partial charge in [0.1, 0.15) is 12.4 Å². The van der Waals surface area contributed by atoms with E-state index in [-0.39, 0.29) is 0 Å². The Balaban J connectivity index is 1.19. The number of nitrogens with one attached hydrogen (secondary N) is 1. The molecule has 1 fully saturated rings. The van der Waals surface area contributed by atoms with Crippen LogP contribution in [0.15, 0.2) is 60.2 Å². The average Bonchev–Trinajstić information content (AvgIpc) is 3.67. The highest BCUT2D eigenvalue weighted by Gasteiger charge is 2.26. The van der Waals surface area contributed by atoms with E-state index in [0.717, 1.165) is 40.3 Å². The molecule has 5 nitrogen and oxygen atoms in total. The van der Waals surface area contributed by atoms with Gasteiger partial charge in [0.25, 0.3) is 0 Å². The van der Waals surface area contributed by atoms with Crippen molar-refractivity contribution in [2.45, 2.75) is 52.6 Å². The van der Waals surface area contributed by atoms with Gasteiger partial charge in [-0.3, -0.25) is 0 Å². The second-order valence-electron chi connectivity index (χ2n) is 9.87. The molecule has 2 aliphatic carbocycles. The van der Waals surface area contributed by atoms with Gasteiger partial charge >= 0.3 is 0 Å². The van der Waals surface area contributed by atoms with Crippen molar-refractivity contribution < 1.29 is 4.74 Å². The van der Waals surface area contributed by atoms with Crippen molar-refractivity contribution in [1.82, 2.24) is 20.6 Å². The van der Waals surface area contributed by atoms with Crippen LogP contribution in [0.2, 0.25) is 0 Å². The summed E-state index contributed by atoms with van der Waals surface area (Å²) in [7, 11) is 0. The second-order valence-corrected chi connectivity index (χ2v) is 9.87. The lowest BCUT2D eigenvalue weighted by Gasteiger charge is -2.16. The van der Waals surface area contributed by atoms with E-state index in [1.54, 1.807) is 5.57 Å². The van der Waals surface area contributed by atoms with Crippen LogP contribution in [-0.4, -0.2) is 20.6 Å². The van der Waals surface area contributed by atoms with Gasteiger partial charge in [0.15, 0.2) is 0 Å². The van der Waals surface area contributed by atoms with Crippen LogP contribution < -0.4 is 4.74 Å². The van der Waals surface area contributed by atoms with E-state index in [9.17, 15) is 0 Å². The van der Waals surface area contributed by atoms with Gasteiger partial charge in [0.05, 0.1) is 0 Å². The molecule has 5 heteroatoms. The molecule has 0 saturated heterocycles. The number of aromatic nitrogens is 4. The molecule has 2 aliphatic rings. The van der Waals surface area contributed by atoms with Gasteiger partial charge in [-0.05, 0) is 95.3 Å². The Morgan fingerprint density at radius 3 is 2.49 bits per heavy atom.